The summed E-state index contributed by atoms with van der Waals surface area (Å²) in [5.74, 6) is 0.799. The van der Waals surface area contributed by atoms with Gasteiger partial charge in [-0.25, -0.2) is 0 Å². The summed E-state index contributed by atoms with van der Waals surface area (Å²) in [7, 11) is 0. The van der Waals surface area contributed by atoms with Crippen LogP contribution in [0.4, 0.5) is 5.69 Å². The molecule has 3 rings (SSSR count). The number of carbonyl (C=O) groups is 1. The van der Waals surface area contributed by atoms with Crippen LogP contribution in [0.25, 0.3) is 11.4 Å². The predicted octanol–water partition coefficient (Wildman–Crippen LogP) is 3.72. The Morgan fingerprint density at radius 1 is 1.08 bits per heavy atom. The van der Waals surface area contributed by atoms with Crippen LogP contribution in [0.3, 0.4) is 0 Å². The number of anilines is 1. The molecule has 134 valence electrons. The van der Waals surface area contributed by atoms with E-state index in [0.717, 1.165) is 16.8 Å². The first kappa shape index (κ1) is 17.8. The summed E-state index contributed by atoms with van der Waals surface area (Å²) in [6.07, 6.45) is 0. The summed E-state index contributed by atoms with van der Waals surface area (Å²) >= 11 is 0. The van der Waals surface area contributed by atoms with E-state index >= 15 is 0 Å². The van der Waals surface area contributed by atoms with Crippen LogP contribution in [0.2, 0.25) is 0 Å². The molecule has 6 nitrogen and oxygen atoms in total. The van der Waals surface area contributed by atoms with E-state index in [1.807, 2.05) is 44.2 Å². The monoisotopic (exact) mass is 349 g/mol. The number of benzene rings is 2. The summed E-state index contributed by atoms with van der Waals surface area (Å²) in [5.41, 5.74) is 5.23. The van der Waals surface area contributed by atoms with Crippen LogP contribution < -0.4 is 5.32 Å². The average molecular weight is 349 g/mol. The predicted molar refractivity (Wildman–Crippen MR) is 102 cm³/mol. The lowest BCUT2D eigenvalue weighted by molar-refractivity contribution is -0.117. The molecule has 2 aromatic carbocycles. The fraction of sp³-hybridized carbons (Fsp3) is 0.300. The van der Waals surface area contributed by atoms with E-state index in [9.17, 15) is 4.79 Å². The van der Waals surface area contributed by atoms with Gasteiger partial charge in [-0.2, -0.15) is 4.80 Å². The molecule has 0 atom stereocenters. The van der Waals surface area contributed by atoms with Crippen LogP contribution in [0.1, 0.15) is 36.5 Å². The number of nitrogens with zero attached hydrogens (tertiary/aromatic N) is 4. The van der Waals surface area contributed by atoms with Crippen molar-refractivity contribution in [2.75, 3.05) is 5.32 Å². The van der Waals surface area contributed by atoms with Gasteiger partial charge in [0.15, 0.2) is 0 Å². The van der Waals surface area contributed by atoms with Gasteiger partial charge in [0.1, 0.15) is 6.54 Å². The van der Waals surface area contributed by atoms with E-state index in [4.69, 9.17) is 0 Å². The Kier molecular flexibility index (Phi) is 5.11. The van der Waals surface area contributed by atoms with E-state index in [0.29, 0.717) is 11.7 Å². The number of hydrogen-bond donors (Lipinski definition) is 1. The van der Waals surface area contributed by atoms with Crippen molar-refractivity contribution in [1.29, 1.82) is 0 Å². The summed E-state index contributed by atoms with van der Waals surface area (Å²) in [4.78, 5) is 13.5. The number of aryl methyl sites for hydroxylation is 2. The zero-order valence-corrected chi connectivity index (χ0v) is 15.5. The zero-order valence-electron chi connectivity index (χ0n) is 15.5. The Balaban J connectivity index is 1.65. The summed E-state index contributed by atoms with van der Waals surface area (Å²) < 4.78 is 0. The van der Waals surface area contributed by atoms with E-state index in [2.05, 4.69) is 46.7 Å². The first-order valence-electron chi connectivity index (χ1n) is 8.67. The number of nitrogens with one attached hydrogen (secondary N) is 1. The number of carbonyl (C=O) groups excluding carboxylic acids is 1. The third-order valence-corrected chi connectivity index (χ3v) is 4.36. The van der Waals surface area contributed by atoms with Crippen LogP contribution in [0.5, 0.6) is 0 Å². The SMILES string of the molecule is Cc1ccc(NC(=O)Cn2nnc(-c3ccc(C(C)C)cc3)n2)cc1C. The minimum Gasteiger partial charge on any atom is -0.324 e. The number of hydrogen-bond acceptors (Lipinski definition) is 4. The molecule has 0 fully saturated rings. The van der Waals surface area contributed by atoms with E-state index < -0.39 is 0 Å². The van der Waals surface area contributed by atoms with Gasteiger partial charge in [0.25, 0.3) is 0 Å². The molecule has 0 unspecified atom stereocenters. The second kappa shape index (κ2) is 7.47. The number of tetrazole rings is 1. The van der Waals surface area contributed by atoms with Crippen LogP contribution in [-0.2, 0) is 11.3 Å². The van der Waals surface area contributed by atoms with E-state index in [-0.39, 0.29) is 12.5 Å². The molecule has 0 radical (unpaired) electrons. The first-order chi connectivity index (χ1) is 12.4. The largest absolute Gasteiger partial charge is 0.324 e. The maximum atomic E-state index is 12.2. The van der Waals surface area contributed by atoms with Crippen LogP contribution >= 0.6 is 0 Å². The van der Waals surface area contributed by atoms with Gasteiger partial charge in [0, 0.05) is 11.3 Å². The maximum absolute atomic E-state index is 12.2. The first-order valence-corrected chi connectivity index (χ1v) is 8.67. The van der Waals surface area contributed by atoms with Crippen molar-refractivity contribution >= 4 is 11.6 Å². The van der Waals surface area contributed by atoms with Crippen molar-refractivity contribution in [3.8, 4) is 11.4 Å². The van der Waals surface area contributed by atoms with Gasteiger partial charge in [-0.3, -0.25) is 4.79 Å². The quantitative estimate of drug-likeness (QED) is 0.762. The molecule has 1 aromatic heterocycles. The average Bonchev–Trinajstić information content (AvgIpc) is 3.06. The van der Waals surface area contributed by atoms with Crippen molar-refractivity contribution in [2.45, 2.75) is 40.2 Å². The molecular formula is C20H23N5O. The third-order valence-electron chi connectivity index (χ3n) is 4.36. The van der Waals surface area contributed by atoms with Gasteiger partial charge in [0.2, 0.25) is 11.7 Å². The molecule has 0 saturated carbocycles. The summed E-state index contributed by atoms with van der Waals surface area (Å²) in [6, 6.07) is 13.9. The molecule has 6 heteroatoms. The molecule has 0 bridgehead atoms. The lowest BCUT2D eigenvalue weighted by Gasteiger charge is -2.07. The standard InChI is InChI=1S/C20H23N5O/c1-13(2)16-6-8-17(9-7-16)20-22-24-25(23-20)12-19(26)21-18-10-5-14(3)15(4)11-18/h5-11,13H,12H2,1-4H3,(H,21,26). The Bertz CT molecular complexity index is 912. The highest BCUT2D eigenvalue weighted by atomic mass is 16.2. The topological polar surface area (TPSA) is 72.7 Å². The Morgan fingerprint density at radius 2 is 1.81 bits per heavy atom. The molecule has 1 N–H and O–H groups in total. The lowest BCUT2D eigenvalue weighted by atomic mass is 10.0. The molecule has 0 aliphatic rings. The van der Waals surface area contributed by atoms with E-state index in [1.54, 1.807) is 0 Å². The smallest absolute Gasteiger partial charge is 0.248 e. The van der Waals surface area contributed by atoms with Gasteiger partial charge < -0.3 is 5.32 Å². The molecular weight excluding hydrogens is 326 g/mol. The molecule has 0 spiro atoms. The van der Waals surface area contributed by atoms with Crippen LogP contribution in [0.15, 0.2) is 42.5 Å². The van der Waals surface area contributed by atoms with Crippen molar-refractivity contribution in [2.24, 2.45) is 0 Å². The van der Waals surface area contributed by atoms with Crippen LogP contribution in [0, 0.1) is 13.8 Å². The number of rotatable bonds is 5. The van der Waals surface area contributed by atoms with Gasteiger partial charge in [-0.1, -0.05) is 44.2 Å². The van der Waals surface area contributed by atoms with Crippen molar-refractivity contribution in [1.82, 2.24) is 20.2 Å². The highest BCUT2D eigenvalue weighted by Gasteiger charge is 2.10. The highest BCUT2D eigenvalue weighted by molar-refractivity contribution is 5.90. The molecule has 26 heavy (non-hydrogen) atoms. The van der Waals surface area contributed by atoms with Crippen LogP contribution in [-0.4, -0.2) is 26.1 Å². The zero-order chi connectivity index (χ0) is 18.7. The maximum Gasteiger partial charge on any atom is 0.248 e. The molecule has 0 aliphatic carbocycles. The third kappa shape index (κ3) is 4.14. The van der Waals surface area contributed by atoms with Crippen molar-refractivity contribution < 1.29 is 4.79 Å². The minimum atomic E-state index is -0.188. The number of aromatic nitrogens is 4. The molecule has 1 amide bonds. The Morgan fingerprint density at radius 3 is 2.46 bits per heavy atom. The van der Waals surface area contributed by atoms with Crippen molar-refractivity contribution in [3.63, 3.8) is 0 Å². The van der Waals surface area contributed by atoms with Gasteiger partial charge in [-0.05, 0) is 53.8 Å². The fourth-order valence-corrected chi connectivity index (χ4v) is 2.59. The minimum absolute atomic E-state index is 0.0179. The lowest BCUT2D eigenvalue weighted by Crippen LogP contribution is -2.20. The van der Waals surface area contributed by atoms with Crippen molar-refractivity contribution in [3.05, 3.63) is 59.2 Å². The highest BCUT2D eigenvalue weighted by Crippen LogP contribution is 2.19. The molecule has 3 aromatic rings. The van der Waals surface area contributed by atoms with Gasteiger partial charge in [0.05, 0.1) is 0 Å². The van der Waals surface area contributed by atoms with E-state index in [1.165, 1.54) is 15.9 Å². The van der Waals surface area contributed by atoms with Gasteiger partial charge >= 0.3 is 0 Å². The summed E-state index contributed by atoms with van der Waals surface area (Å²) in [5, 5.41) is 15.2. The number of amides is 1. The Labute approximate surface area is 153 Å². The van der Waals surface area contributed by atoms with Gasteiger partial charge in [-0.15, -0.1) is 10.2 Å². The second-order valence-electron chi connectivity index (χ2n) is 6.77. The molecule has 0 aliphatic heterocycles. The molecule has 1 heterocycles. The summed E-state index contributed by atoms with van der Waals surface area (Å²) in [6.45, 7) is 8.37. The normalized spacial score (nSPS) is 11.0. The molecule has 0 saturated heterocycles. The Hall–Kier alpha value is -3.02. The fourth-order valence-electron chi connectivity index (χ4n) is 2.59. The second-order valence-corrected chi connectivity index (χ2v) is 6.77.